The Labute approximate surface area is 136 Å². The highest BCUT2D eigenvalue weighted by molar-refractivity contribution is 5.47. The number of rotatable bonds is 5. The predicted molar refractivity (Wildman–Crippen MR) is 94.0 cm³/mol. The first-order valence-corrected chi connectivity index (χ1v) is 8.03. The van der Waals surface area contributed by atoms with E-state index in [4.69, 9.17) is 0 Å². The van der Waals surface area contributed by atoms with Crippen LogP contribution in [0.1, 0.15) is 25.2 Å². The highest BCUT2D eigenvalue weighted by atomic mass is 16.1. The monoisotopic (exact) mass is 307 g/mol. The summed E-state index contributed by atoms with van der Waals surface area (Å²) in [4.78, 5) is 19.4. The van der Waals surface area contributed by atoms with Crippen LogP contribution in [0.15, 0.2) is 59.4 Å². The zero-order chi connectivity index (χ0) is 16.2. The van der Waals surface area contributed by atoms with Gasteiger partial charge in [0.05, 0.1) is 12.2 Å². The van der Waals surface area contributed by atoms with Crippen molar-refractivity contribution in [1.82, 2.24) is 9.38 Å². The van der Waals surface area contributed by atoms with Gasteiger partial charge < -0.3 is 4.90 Å². The van der Waals surface area contributed by atoms with Gasteiger partial charge in [-0.1, -0.05) is 31.2 Å². The van der Waals surface area contributed by atoms with Crippen LogP contribution in [0, 0.1) is 0 Å². The summed E-state index contributed by atoms with van der Waals surface area (Å²) in [5.41, 5.74) is 3.64. The smallest absolute Gasteiger partial charge is 0.258 e. The van der Waals surface area contributed by atoms with Crippen molar-refractivity contribution in [3.63, 3.8) is 0 Å². The van der Waals surface area contributed by atoms with Gasteiger partial charge in [-0.15, -0.1) is 0 Å². The molecule has 2 aromatic heterocycles. The van der Waals surface area contributed by atoms with Gasteiger partial charge in [-0.3, -0.25) is 9.20 Å². The Bertz CT molecular complexity index is 855. The second kappa shape index (κ2) is 6.65. The molecule has 0 N–H and O–H groups in total. The molecular formula is C19H21N3O. The number of fused-ring (bicyclic) bond motifs is 1. The molecule has 0 radical (unpaired) electrons. The van der Waals surface area contributed by atoms with E-state index >= 15 is 0 Å². The molecule has 0 aliphatic heterocycles. The molecule has 3 aromatic rings. The van der Waals surface area contributed by atoms with E-state index in [1.54, 1.807) is 10.5 Å². The molecule has 0 fully saturated rings. The summed E-state index contributed by atoms with van der Waals surface area (Å²) < 4.78 is 1.70. The molecule has 23 heavy (non-hydrogen) atoms. The lowest BCUT2D eigenvalue weighted by atomic mass is 10.2. The Balaban J connectivity index is 1.99. The lowest BCUT2D eigenvalue weighted by Crippen LogP contribution is -2.25. The van der Waals surface area contributed by atoms with E-state index < -0.39 is 0 Å². The largest absolute Gasteiger partial charge is 0.366 e. The minimum absolute atomic E-state index is 0.00781. The zero-order valence-corrected chi connectivity index (χ0v) is 13.6. The molecule has 0 atom stereocenters. The van der Waals surface area contributed by atoms with Gasteiger partial charge in [0.15, 0.2) is 0 Å². The Kier molecular flexibility index (Phi) is 4.42. The second-order valence-electron chi connectivity index (χ2n) is 5.50. The maximum atomic E-state index is 12.5. The van der Waals surface area contributed by atoms with Crippen molar-refractivity contribution in [3.8, 4) is 0 Å². The first-order chi connectivity index (χ1) is 11.2. The average Bonchev–Trinajstić information content (AvgIpc) is 2.59. The van der Waals surface area contributed by atoms with E-state index in [1.165, 1.54) is 0 Å². The number of pyridine rings is 1. The van der Waals surface area contributed by atoms with Gasteiger partial charge in [0.25, 0.3) is 5.56 Å². The van der Waals surface area contributed by atoms with Crippen molar-refractivity contribution in [2.75, 3.05) is 11.4 Å². The summed E-state index contributed by atoms with van der Waals surface area (Å²) in [6.45, 7) is 5.64. The molecule has 0 amide bonds. The third-order valence-corrected chi connectivity index (χ3v) is 4.04. The highest BCUT2D eigenvalue weighted by Gasteiger charge is 2.09. The summed E-state index contributed by atoms with van der Waals surface area (Å²) in [5, 5.41) is 0. The van der Waals surface area contributed by atoms with Crippen LogP contribution in [0.2, 0.25) is 0 Å². The third-order valence-electron chi connectivity index (χ3n) is 4.04. The van der Waals surface area contributed by atoms with Crippen LogP contribution in [0.4, 0.5) is 5.69 Å². The van der Waals surface area contributed by atoms with Gasteiger partial charge in [0, 0.05) is 24.0 Å². The van der Waals surface area contributed by atoms with Crippen molar-refractivity contribution in [2.45, 2.75) is 26.8 Å². The predicted octanol–water partition coefficient (Wildman–Crippen LogP) is 3.28. The third kappa shape index (κ3) is 3.11. The molecule has 0 spiro atoms. The van der Waals surface area contributed by atoms with Gasteiger partial charge in [-0.25, -0.2) is 4.98 Å². The van der Waals surface area contributed by atoms with Crippen molar-refractivity contribution in [2.24, 2.45) is 0 Å². The fourth-order valence-corrected chi connectivity index (χ4v) is 2.85. The maximum absolute atomic E-state index is 12.5. The Hall–Kier alpha value is -2.62. The molecule has 0 aliphatic rings. The van der Waals surface area contributed by atoms with E-state index in [-0.39, 0.29) is 5.56 Å². The first kappa shape index (κ1) is 15.3. The SMILES string of the molecule is CCc1cccc2nc(CN(CC)c3ccccc3)cc(=O)n12. The second-order valence-corrected chi connectivity index (χ2v) is 5.50. The summed E-state index contributed by atoms with van der Waals surface area (Å²) >= 11 is 0. The maximum Gasteiger partial charge on any atom is 0.258 e. The van der Waals surface area contributed by atoms with Crippen LogP contribution in [0.25, 0.3) is 5.65 Å². The fraction of sp³-hybridized carbons (Fsp3) is 0.263. The number of benzene rings is 1. The van der Waals surface area contributed by atoms with Gasteiger partial charge in [-0.2, -0.15) is 0 Å². The van der Waals surface area contributed by atoms with Gasteiger partial charge >= 0.3 is 0 Å². The van der Waals surface area contributed by atoms with Crippen molar-refractivity contribution < 1.29 is 0 Å². The molecule has 118 valence electrons. The number of aromatic nitrogens is 2. The topological polar surface area (TPSA) is 37.6 Å². The van der Waals surface area contributed by atoms with E-state index in [0.717, 1.165) is 35.7 Å². The van der Waals surface area contributed by atoms with Gasteiger partial charge in [0.1, 0.15) is 5.65 Å². The van der Waals surface area contributed by atoms with Crippen molar-refractivity contribution >= 4 is 11.3 Å². The molecule has 0 aliphatic carbocycles. The van der Waals surface area contributed by atoms with Crippen molar-refractivity contribution in [1.29, 1.82) is 0 Å². The standard InChI is InChI=1S/C19H21N3O/c1-3-16-11-8-12-18-20-15(13-19(23)22(16)18)14-21(4-2)17-9-6-5-7-10-17/h5-13H,3-4,14H2,1-2H3. The number of para-hydroxylation sites is 1. The van der Waals surface area contributed by atoms with Crippen LogP contribution in [-0.4, -0.2) is 15.9 Å². The minimum Gasteiger partial charge on any atom is -0.366 e. The fourth-order valence-electron chi connectivity index (χ4n) is 2.85. The molecule has 4 heteroatoms. The first-order valence-electron chi connectivity index (χ1n) is 8.03. The number of aryl methyl sites for hydroxylation is 1. The molecule has 0 bridgehead atoms. The van der Waals surface area contributed by atoms with Crippen LogP contribution >= 0.6 is 0 Å². The molecule has 4 nitrogen and oxygen atoms in total. The molecule has 3 rings (SSSR count). The summed E-state index contributed by atoms with van der Waals surface area (Å²) in [7, 11) is 0. The molecule has 0 saturated heterocycles. The van der Waals surface area contributed by atoms with Gasteiger partial charge in [-0.05, 0) is 37.6 Å². The Morgan fingerprint density at radius 2 is 1.83 bits per heavy atom. The molecule has 2 heterocycles. The quantitative estimate of drug-likeness (QED) is 0.726. The van der Waals surface area contributed by atoms with E-state index in [2.05, 4.69) is 28.9 Å². The molecule has 1 aromatic carbocycles. The minimum atomic E-state index is -0.00781. The molecular weight excluding hydrogens is 286 g/mol. The van der Waals surface area contributed by atoms with Crippen LogP contribution in [-0.2, 0) is 13.0 Å². The van der Waals surface area contributed by atoms with Gasteiger partial charge in [0.2, 0.25) is 0 Å². The summed E-state index contributed by atoms with van der Waals surface area (Å²) in [5.74, 6) is 0. The molecule has 0 saturated carbocycles. The Morgan fingerprint density at radius 3 is 2.52 bits per heavy atom. The summed E-state index contributed by atoms with van der Waals surface area (Å²) in [6, 6.07) is 17.7. The number of nitrogens with zero attached hydrogens (tertiary/aromatic N) is 3. The number of anilines is 1. The van der Waals surface area contributed by atoms with E-state index in [9.17, 15) is 4.79 Å². The normalized spacial score (nSPS) is 10.9. The highest BCUT2D eigenvalue weighted by Crippen LogP contribution is 2.15. The van der Waals surface area contributed by atoms with Crippen LogP contribution in [0.3, 0.4) is 0 Å². The van der Waals surface area contributed by atoms with Crippen molar-refractivity contribution in [3.05, 3.63) is 76.3 Å². The average molecular weight is 307 g/mol. The van der Waals surface area contributed by atoms with E-state index in [1.807, 2.05) is 43.3 Å². The van der Waals surface area contributed by atoms with Crippen LogP contribution < -0.4 is 10.5 Å². The summed E-state index contributed by atoms with van der Waals surface area (Å²) in [6.07, 6.45) is 0.809. The molecule has 0 unspecified atom stereocenters. The zero-order valence-electron chi connectivity index (χ0n) is 13.6. The van der Waals surface area contributed by atoms with Crippen LogP contribution in [0.5, 0.6) is 0 Å². The Morgan fingerprint density at radius 1 is 1.04 bits per heavy atom. The lowest BCUT2D eigenvalue weighted by molar-refractivity contribution is 0.799. The number of hydrogen-bond donors (Lipinski definition) is 0. The lowest BCUT2D eigenvalue weighted by Gasteiger charge is -2.22. The van der Waals surface area contributed by atoms with E-state index in [0.29, 0.717) is 6.54 Å². The number of hydrogen-bond acceptors (Lipinski definition) is 3.